The Morgan fingerprint density at radius 3 is 2.89 bits per heavy atom. The molecule has 0 spiro atoms. The third-order valence-corrected chi connectivity index (χ3v) is 3.69. The molecule has 0 atom stereocenters. The highest BCUT2D eigenvalue weighted by Crippen LogP contribution is 2.33. The predicted molar refractivity (Wildman–Crippen MR) is 73.2 cm³/mol. The van der Waals surface area contributed by atoms with E-state index in [1.807, 2.05) is 12.3 Å². The van der Waals surface area contributed by atoms with E-state index in [1.165, 1.54) is 11.3 Å². The molecule has 0 bridgehead atoms. The van der Waals surface area contributed by atoms with Crippen LogP contribution in [0.4, 0.5) is 5.69 Å². The smallest absolute Gasteiger partial charge is 0.270 e. The van der Waals surface area contributed by atoms with Crippen LogP contribution < -0.4 is 5.73 Å². The first-order chi connectivity index (χ1) is 9.22. The highest BCUT2D eigenvalue weighted by Gasteiger charge is 2.14. The number of thiophene rings is 1. The van der Waals surface area contributed by atoms with Gasteiger partial charge in [0, 0.05) is 13.5 Å². The molecule has 0 aliphatic carbocycles. The fourth-order valence-corrected chi connectivity index (χ4v) is 2.37. The molecule has 0 saturated heterocycles. The van der Waals surface area contributed by atoms with Gasteiger partial charge in [0.1, 0.15) is 4.88 Å². The normalized spacial score (nSPS) is 11.1. The monoisotopic (exact) mass is 283 g/mol. The highest BCUT2D eigenvalue weighted by atomic mass is 32.1. The summed E-state index contributed by atoms with van der Waals surface area (Å²) in [4.78, 5) is 5.14. The average molecular weight is 283 g/mol. The first-order valence-corrected chi connectivity index (χ1v) is 6.83. The number of hydrogen-bond acceptors (Lipinski definition) is 7. The van der Waals surface area contributed by atoms with Gasteiger partial charge in [-0.25, -0.2) is 0 Å². The van der Waals surface area contributed by atoms with Crippen LogP contribution in [0.3, 0.4) is 0 Å². The number of aromatic nitrogens is 2. The molecular weight excluding hydrogens is 266 g/mol. The molecule has 2 rings (SSSR count). The second-order valence-electron chi connectivity index (χ2n) is 4.03. The van der Waals surface area contributed by atoms with E-state index in [0.717, 1.165) is 10.4 Å². The van der Waals surface area contributed by atoms with Gasteiger partial charge in [0.25, 0.3) is 5.89 Å². The molecule has 2 heterocycles. The number of methoxy groups -OCH3 is 1. The molecule has 0 aliphatic rings. The van der Waals surface area contributed by atoms with Crippen LogP contribution in [-0.4, -0.2) is 37.1 Å². The van der Waals surface area contributed by atoms with E-state index in [0.29, 0.717) is 43.6 Å². The Labute approximate surface area is 115 Å². The number of ether oxygens (including phenoxy) is 2. The Morgan fingerprint density at radius 2 is 2.21 bits per heavy atom. The minimum atomic E-state index is 0.475. The molecule has 0 saturated carbocycles. The molecule has 6 nitrogen and oxygen atoms in total. The zero-order chi connectivity index (χ0) is 13.7. The lowest BCUT2D eigenvalue weighted by Crippen LogP contribution is -2.05. The molecule has 2 N–H and O–H groups in total. The third kappa shape index (κ3) is 3.52. The van der Waals surface area contributed by atoms with E-state index in [2.05, 4.69) is 10.1 Å². The van der Waals surface area contributed by atoms with E-state index in [9.17, 15) is 0 Å². The van der Waals surface area contributed by atoms with E-state index in [1.54, 1.807) is 7.11 Å². The van der Waals surface area contributed by atoms with Crippen molar-refractivity contribution in [3.05, 3.63) is 16.8 Å². The van der Waals surface area contributed by atoms with Crippen molar-refractivity contribution >= 4 is 17.0 Å². The second-order valence-corrected chi connectivity index (χ2v) is 4.91. The fraction of sp³-hybridized carbons (Fsp3) is 0.500. The van der Waals surface area contributed by atoms with Crippen LogP contribution in [0.1, 0.15) is 11.4 Å². The molecular formula is C12H17N3O3S. The summed E-state index contributed by atoms with van der Waals surface area (Å²) in [5, 5.41) is 5.89. The van der Waals surface area contributed by atoms with Crippen molar-refractivity contribution in [3.63, 3.8) is 0 Å². The minimum absolute atomic E-state index is 0.475. The second kappa shape index (κ2) is 6.65. The summed E-state index contributed by atoms with van der Waals surface area (Å²) in [5.74, 6) is 1.10. The van der Waals surface area contributed by atoms with Gasteiger partial charge in [0.05, 0.1) is 25.5 Å². The number of hydrogen-bond donors (Lipinski definition) is 1. The van der Waals surface area contributed by atoms with Crippen LogP contribution in [0.2, 0.25) is 0 Å². The van der Waals surface area contributed by atoms with Crippen molar-refractivity contribution < 1.29 is 14.0 Å². The summed E-state index contributed by atoms with van der Waals surface area (Å²) < 4.78 is 15.4. The number of anilines is 1. The lowest BCUT2D eigenvalue weighted by Gasteiger charge is -1.99. The first-order valence-electron chi connectivity index (χ1n) is 5.95. The molecule has 0 fully saturated rings. The number of aryl methyl sites for hydroxylation is 1. The van der Waals surface area contributed by atoms with Crippen LogP contribution in [0.5, 0.6) is 0 Å². The van der Waals surface area contributed by atoms with Crippen LogP contribution in [0.15, 0.2) is 9.90 Å². The van der Waals surface area contributed by atoms with Crippen molar-refractivity contribution in [1.29, 1.82) is 0 Å². The van der Waals surface area contributed by atoms with Gasteiger partial charge in [-0.05, 0) is 17.9 Å². The fourth-order valence-electron chi connectivity index (χ4n) is 1.47. The molecule has 0 aliphatic heterocycles. The van der Waals surface area contributed by atoms with Gasteiger partial charge in [-0.2, -0.15) is 4.98 Å². The Kier molecular flexibility index (Phi) is 4.89. The molecule has 2 aromatic heterocycles. The zero-order valence-corrected chi connectivity index (χ0v) is 11.8. The van der Waals surface area contributed by atoms with Crippen molar-refractivity contribution in [3.8, 4) is 10.8 Å². The Balaban J connectivity index is 1.90. The lowest BCUT2D eigenvalue weighted by atomic mass is 10.3. The van der Waals surface area contributed by atoms with Gasteiger partial charge < -0.3 is 19.7 Å². The summed E-state index contributed by atoms with van der Waals surface area (Å²) in [7, 11) is 1.64. The number of rotatable bonds is 7. The van der Waals surface area contributed by atoms with Crippen LogP contribution in [0, 0.1) is 6.92 Å². The van der Waals surface area contributed by atoms with Gasteiger partial charge >= 0.3 is 0 Å². The van der Waals surface area contributed by atoms with Crippen LogP contribution in [0.25, 0.3) is 10.8 Å². The van der Waals surface area contributed by atoms with Gasteiger partial charge in [-0.15, -0.1) is 11.3 Å². The molecule has 0 aromatic carbocycles. The largest absolute Gasteiger partial charge is 0.397 e. The van der Waals surface area contributed by atoms with Gasteiger partial charge in [0.15, 0.2) is 5.82 Å². The third-order valence-electron chi connectivity index (χ3n) is 2.59. The van der Waals surface area contributed by atoms with Crippen LogP contribution in [-0.2, 0) is 15.9 Å². The van der Waals surface area contributed by atoms with Crippen molar-refractivity contribution in [1.82, 2.24) is 10.1 Å². The standard InChI is InChI=1S/C12H17N3O3S/c1-8-7-19-11(10(8)13)12-14-9(15-18-12)3-4-17-6-5-16-2/h7H,3-6,13H2,1-2H3. The quantitative estimate of drug-likeness (QED) is 0.781. The summed E-state index contributed by atoms with van der Waals surface area (Å²) in [6, 6.07) is 0. The average Bonchev–Trinajstić information content (AvgIpc) is 2.98. The molecule has 104 valence electrons. The molecule has 0 radical (unpaired) electrons. The molecule has 0 unspecified atom stereocenters. The number of nitrogen functional groups attached to an aromatic ring is 1. The molecule has 7 heteroatoms. The van der Waals surface area contributed by atoms with E-state index in [4.69, 9.17) is 19.7 Å². The molecule has 19 heavy (non-hydrogen) atoms. The summed E-state index contributed by atoms with van der Waals surface area (Å²) in [6.45, 7) is 3.65. The summed E-state index contributed by atoms with van der Waals surface area (Å²) in [5.41, 5.74) is 7.68. The maximum absolute atomic E-state index is 5.94. The van der Waals surface area contributed by atoms with E-state index in [-0.39, 0.29) is 0 Å². The van der Waals surface area contributed by atoms with Crippen molar-refractivity contribution in [2.45, 2.75) is 13.3 Å². The first kappa shape index (κ1) is 14.0. The zero-order valence-electron chi connectivity index (χ0n) is 11.0. The maximum Gasteiger partial charge on any atom is 0.270 e. The molecule has 2 aromatic rings. The van der Waals surface area contributed by atoms with Crippen molar-refractivity contribution in [2.75, 3.05) is 32.7 Å². The highest BCUT2D eigenvalue weighted by molar-refractivity contribution is 7.14. The Morgan fingerprint density at radius 1 is 1.37 bits per heavy atom. The molecule has 0 amide bonds. The van der Waals surface area contributed by atoms with Gasteiger partial charge in [-0.3, -0.25) is 0 Å². The van der Waals surface area contributed by atoms with Gasteiger partial charge in [0.2, 0.25) is 0 Å². The summed E-state index contributed by atoms with van der Waals surface area (Å²) in [6.07, 6.45) is 0.609. The van der Waals surface area contributed by atoms with Crippen molar-refractivity contribution in [2.24, 2.45) is 0 Å². The topological polar surface area (TPSA) is 83.4 Å². The lowest BCUT2D eigenvalue weighted by molar-refractivity contribution is 0.0714. The summed E-state index contributed by atoms with van der Waals surface area (Å²) >= 11 is 1.51. The maximum atomic E-state index is 5.94. The van der Waals surface area contributed by atoms with Gasteiger partial charge in [-0.1, -0.05) is 5.16 Å². The SMILES string of the molecule is COCCOCCc1noc(-c2scc(C)c2N)n1. The Hall–Kier alpha value is -1.44. The Bertz CT molecular complexity index is 524. The van der Waals surface area contributed by atoms with Crippen LogP contribution >= 0.6 is 11.3 Å². The van der Waals surface area contributed by atoms with E-state index >= 15 is 0 Å². The minimum Gasteiger partial charge on any atom is -0.397 e. The number of nitrogens with zero attached hydrogens (tertiary/aromatic N) is 2. The van der Waals surface area contributed by atoms with E-state index < -0.39 is 0 Å². The number of nitrogens with two attached hydrogens (primary N) is 1. The predicted octanol–water partition coefficient (Wildman–Crippen LogP) is 1.89.